The fourth-order valence-electron chi connectivity index (χ4n) is 3.40. The first-order valence-corrected chi connectivity index (χ1v) is 12.4. The zero-order chi connectivity index (χ0) is 23.8. The van der Waals surface area contributed by atoms with Crippen molar-refractivity contribution in [1.29, 1.82) is 0 Å². The highest BCUT2D eigenvalue weighted by molar-refractivity contribution is 7.92. The van der Waals surface area contributed by atoms with Crippen molar-refractivity contribution < 1.29 is 17.6 Å². The van der Waals surface area contributed by atoms with Crippen molar-refractivity contribution in [3.8, 4) is 0 Å². The lowest BCUT2D eigenvalue weighted by Crippen LogP contribution is -2.44. The van der Waals surface area contributed by atoms with Crippen LogP contribution in [-0.2, 0) is 27.9 Å². The molecule has 1 heterocycles. The molecular weight excluding hydrogens is 436 g/mol. The second kappa shape index (κ2) is 11.1. The first kappa shape index (κ1) is 24.5. The summed E-state index contributed by atoms with van der Waals surface area (Å²) in [6.07, 6.45) is 1.54. The van der Waals surface area contributed by atoms with Crippen LogP contribution in [0.15, 0.2) is 82.6 Å². The topological polar surface area (TPSA) is 70.8 Å². The van der Waals surface area contributed by atoms with Gasteiger partial charge in [-0.1, -0.05) is 60.7 Å². The van der Waals surface area contributed by atoms with Crippen LogP contribution >= 0.6 is 0 Å². The molecule has 2 aromatic carbocycles. The van der Waals surface area contributed by atoms with Gasteiger partial charge in [-0.15, -0.1) is 0 Å². The molecule has 0 N–H and O–H groups in total. The summed E-state index contributed by atoms with van der Waals surface area (Å²) in [5, 5.41) is 1.16. The first-order valence-electron chi connectivity index (χ1n) is 10.9. The van der Waals surface area contributed by atoms with Crippen molar-refractivity contribution in [2.75, 3.05) is 6.54 Å². The summed E-state index contributed by atoms with van der Waals surface area (Å²) >= 11 is 0. The standard InChI is InChI=1S/C26H30N2O4S/c1-21(2)28(33(30,31)17-16-23-10-6-4-7-11-23)20-26(29)27(18-24-12-8-5-9-13-24)19-25-15-14-22(3)32-25/h4-17,21H,18-20H2,1-3H3. The lowest BCUT2D eigenvalue weighted by molar-refractivity contribution is -0.133. The summed E-state index contributed by atoms with van der Waals surface area (Å²) in [7, 11) is -3.81. The van der Waals surface area contributed by atoms with Gasteiger partial charge in [-0.05, 0) is 50.1 Å². The molecule has 0 spiro atoms. The average molecular weight is 467 g/mol. The zero-order valence-corrected chi connectivity index (χ0v) is 20.0. The van der Waals surface area contributed by atoms with Gasteiger partial charge >= 0.3 is 0 Å². The van der Waals surface area contributed by atoms with E-state index < -0.39 is 10.0 Å². The summed E-state index contributed by atoms with van der Waals surface area (Å²) in [4.78, 5) is 15.0. The molecule has 3 rings (SSSR count). The first-order chi connectivity index (χ1) is 15.7. The van der Waals surface area contributed by atoms with Gasteiger partial charge in [0.15, 0.2) is 0 Å². The fourth-order valence-corrected chi connectivity index (χ4v) is 4.76. The van der Waals surface area contributed by atoms with Crippen LogP contribution in [0, 0.1) is 6.92 Å². The molecule has 0 unspecified atom stereocenters. The van der Waals surface area contributed by atoms with Gasteiger partial charge in [0, 0.05) is 18.0 Å². The maximum absolute atomic E-state index is 13.3. The third kappa shape index (κ3) is 7.17. The summed E-state index contributed by atoms with van der Waals surface area (Å²) < 4.78 is 33.0. The largest absolute Gasteiger partial charge is 0.464 e. The molecule has 0 fully saturated rings. The number of furan rings is 1. The quantitative estimate of drug-likeness (QED) is 0.429. The van der Waals surface area contributed by atoms with Gasteiger partial charge in [-0.2, -0.15) is 4.31 Å². The number of carbonyl (C=O) groups is 1. The molecule has 0 aliphatic carbocycles. The van der Waals surface area contributed by atoms with Gasteiger partial charge in [-0.25, -0.2) is 8.42 Å². The predicted octanol–water partition coefficient (Wildman–Crippen LogP) is 4.83. The molecule has 1 amide bonds. The summed E-state index contributed by atoms with van der Waals surface area (Å²) in [6.45, 7) is 5.72. The second-order valence-corrected chi connectivity index (χ2v) is 9.92. The Morgan fingerprint density at radius 1 is 0.939 bits per heavy atom. The minimum Gasteiger partial charge on any atom is -0.464 e. The Kier molecular flexibility index (Phi) is 8.25. The normalized spacial score (nSPS) is 12.0. The van der Waals surface area contributed by atoms with E-state index in [1.807, 2.05) is 79.7 Å². The maximum atomic E-state index is 13.3. The van der Waals surface area contributed by atoms with E-state index in [4.69, 9.17) is 4.42 Å². The van der Waals surface area contributed by atoms with Crippen molar-refractivity contribution in [2.24, 2.45) is 0 Å². The smallest absolute Gasteiger partial charge is 0.238 e. The Balaban J connectivity index is 1.81. The Hall–Kier alpha value is -3.16. The van der Waals surface area contributed by atoms with Crippen LogP contribution in [0.4, 0.5) is 0 Å². The van der Waals surface area contributed by atoms with E-state index in [0.29, 0.717) is 12.3 Å². The SMILES string of the molecule is Cc1ccc(CN(Cc2ccccc2)C(=O)CN(C(C)C)S(=O)(=O)C=Cc2ccccc2)o1. The van der Waals surface area contributed by atoms with E-state index >= 15 is 0 Å². The van der Waals surface area contributed by atoms with Gasteiger partial charge in [-0.3, -0.25) is 4.79 Å². The number of carbonyl (C=O) groups excluding carboxylic acids is 1. The summed E-state index contributed by atoms with van der Waals surface area (Å²) in [5.41, 5.74) is 1.73. The van der Waals surface area contributed by atoms with Crippen molar-refractivity contribution in [2.45, 2.75) is 39.9 Å². The molecule has 0 aliphatic rings. The molecule has 7 heteroatoms. The number of hydrogen-bond donors (Lipinski definition) is 0. The fraction of sp³-hybridized carbons (Fsp3) is 0.269. The van der Waals surface area contributed by atoms with Crippen LogP contribution in [0.3, 0.4) is 0 Å². The third-order valence-corrected chi connectivity index (χ3v) is 6.82. The summed E-state index contributed by atoms with van der Waals surface area (Å²) in [6, 6.07) is 22.1. The lowest BCUT2D eigenvalue weighted by Gasteiger charge is -2.28. The number of hydrogen-bond acceptors (Lipinski definition) is 4. The molecule has 0 bridgehead atoms. The summed E-state index contributed by atoms with van der Waals surface area (Å²) in [5.74, 6) is 1.12. The molecule has 0 atom stereocenters. The highest BCUT2D eigenvalue weighted by Gasteiger charge is 2.28. The molecule has 33 heavy (non-hydrogen) atoms. The maximum Gasteiger partial charge on any atom is 0.238 e. The van der Waals surface area contributed by atoms with Crippen LogP contribution in [0.25, 0.3) is 6.08 Å². The van der Waals surface area contributed by atoms with Crippen LogP contribution in [0.5, 0.6) is 0 Å². The Morgan fingerprint density at radius 2 is 1.58 bits per heavy atom. The Morgan fingerprint density at radius 3 is 2.15 bits per heavy atom. The Labute approximate surface area is 196 Å². The van der Waals surface area contributed by atoms with Gasteiger partial charge in [0.05, 0.1) is 13.1 Å². The molecule has 174 valence electrons. The molecule has 6 nitrogen and oxygen atoms in total. The molecule has 0 radical (unpaired) electrons. The zero-order valence-electron chi connectivity index (χ0n) is 19.2. The molecule has 0 aliphatic heterocycles. The van der Waals surface area contributed by atoms with Crippen molar-refractivity contribution in [3.63, 3.8) is 0 Å². The highest BCUT2D eigenvalue weighted by atomic mass is 32.2. The molecule has 1 aromatic heterocycles. The third-order valence-electron chi connectivity index (χ3n) is 5.14. The van der Waals surface area contributed by atoms with Crippen molar-refractivity contribution in [1.82, 2.24) is 9.21 Å². The van der Waals surface area contributed by atoms with E-state index in [1.54, 1.807) is 24.8 Å². The van der Waals surface area contributed by atoms with Gasteiger partial charge in [0.25, 0.3) is 0 Å². The molecular formula is C26H30N2O4S. The predicted molar refractivity (Wildman–Crippen MR) is 130 cm³/mol. The van der Waals surface area contributed by atoms with Crippen LogP contribution in [0.2, 0.25) is 0 Å². The highest BCUT2D eigenvalue weighted by Crippen LogP contribution is 2.16. The number of benzene rings is 2. The lowest BCUT2D eigenvalue weighted by atomic mass is 10.2. The van der Waals surface area contributed by atoms with Crippen LogP contribution in [0.1, 0.15) is 36.5 Å². The van der Waals surface area contributed by atoms with E-state index in [2.05, 4.69) is 0 Å². The molecule has 3 aromatic rings. The second-order valence-electron chi connectivity index (χ2n) is 8.15. The number of aryl methyl sites for hydroxylation is 1. The number of nitrogens with zero attached hydrogens (tertiary/aromatic N) is 2. The van der Waals surface area contributed by atoms with Gasteiger partial charge in [0.2, 0.25) is 15.9 Å². The van der Waals surface area contributed by atoms with E-state index in [1.165, 1.54) is 4.31 Å². The molecule has 0 saturated heterocycles. The number of sulfonamides is 1. The van der Waals surface area contributed by atoms with E-state index in [0.717, 1.165) is 22.3 Å². The van der Waals surface area contributed by atoms with Crippen LogP contribution < -0.4 is 0 Å². The van der Waals surface area contributed by atoms with Crippen LogP contribution in [-0.4, -0.2) is 36.1 Å². The van der Waals surface area contributed by atoms with Crippen molar-refractivity contribution >= 4 is 22.0 Å². The number of rotatable bonds is 10. The van der Waals surface area contributed by atoms with E-state index in [9.17, 15) is 13.2 Å². The Bertz CT molecular complexity index is 1170. The minimum atomic E-state index is -3.81. The average Bonchev–Trinajstić information content (AvgIpc) is 3.21. The van der Waals surface area contributed by atoms with Gasteiger partial charge in [0.1, 0.15) is 11.5 Å². The molecule has 0 saturated carbocycles. The van der Waals surface area contributed by atoms with Crippen molar-refractivity contribution in [3.05, 3.63) is 101 Å². The van der Waals surface area contributed by atoms with Gasteiger partial charge < -0.3 is 9.32 Å². The monoisotopic (exact) mass is 466 g/mol. The van der Waals surface area contributed by atoms with E-state index in [-0.39, 0.29) is 25.0 Å². The minimum absolute atomic E-state index is 0.257. The number of amides is 1.